The van der Waals surface area contributed by atoms with Gasteiger partial charge in [-0.3, -0.25) is 4.79 Å². The van der Waals surface area contributed by atoms with Crippen LogP contribution in [0.2, 0.25) is 0 Å². The topological polar surface area (TPSA) is 68.4 Å². The van der Waals surface area contributed by atoms with Crippen molar-refractivity contribution in [1.29, 1.82) is 0 Å². The molecule has 0 aliphatic carbocycles. The summed E-state index contributed by atoms with van der Waals surface area (Å²) in [6, 6.07) is 6.29. The van der Waals surface area contributed by atoms with E-state index < -0.39 is 0 Å². The standard InChI is InChI=1S/C19H25FN4O2/c1-3-24(17-5-4-8-23(12-17)13(2)25)19(26)21-11-16-10-14-9-15(20)6-7-18(14)22-16/h6-7,9-10,17,22H,3-5,8,11-12H2,1-2H3,(H,21,26)/t17-/m1/s1. The zero-order valence-electron chi connectivity index (χ0n) is 15.2. The van der Waals surface area contributed by atoms with E-state index in [0.717, 1.165) is 36.0 Å². The summed E-state index contributed by atoms with van der Waals surface area (Å²) in [4.78, 5) is 31.0. The fourth-order valence-electron chi connectivity index (χ4n) is 3.59. The number of rotatable bonds is 4. The van der Waals surface area contributed by atoms with E-state index in [0.29, 0.717) is 19.6 Å². The molecule has 1 aromatic heterocycles. The number of carbonyl (C=O) groups is 2. The molecular weight excluding hydrogens is 335 g/mol. The zero-order chi connectivity index (χ0) is 18.7. The second-order valence-electron chi connectivity index (χ2n) is 6.73. The van der Waals surface area contributed by atoms with E-state index >= 15 is 0 Å². The number of piperidine rings is 1. The van der Waals surface area contributed by atoms with Crippen molar-refractivity contribution in [3.8, 4) is 0 Å². The third-order valence-corrected chi connectivity index (χ3v) is 4.95. The van der Waals surface area contributed by atoms with E-state index in [1.807, 2.05) is 13.0 Å². The van der Waals surface area contributed by atoms with Crippen molar-refractivity contribution >= 4 is 22.8 Å². The molecule has 1 aromatic carbocycles. The Morgan fingerprint density at radius 1 is 1.38 bits per heavy atom. The van der Waals surface area contributed by atoms with Crippen molar-refractivity contribution in [3.05, 3.63) is 35.8 Å². The highest BCUT2D eigenvalue weighted by Crippen LogP contribution is 2.18. The molecule has 2 N–H and O–H groups in total. The molecule has 1 atom stereocenters. The predicted molar refractivity (Wildman–Crippen MR) is 98.1 cm³/mol. The van der Waals surface area contributed by atoms with Crippen LogP contribution < -0.4 is 5.32 Å². The first-order valence-corrected chi connectivity index (χ1v) is 9.05. The molecule has 26 heavy (non-hydrogen) atoms. The lowest BCUT2D eigenvalue weighted by atomic mass is 10.0. The average molecular weight is 360 g/mol. The fourth-order valence-corrected chi connectivity index (χ4v) is 3.59. The van der Waals surface area contributed by atoms with Crippen LogP contribution in [-0.2, 0) is 11.3 Å². The summed E-state index contributed by atoms with van der Waals surface area (Å²) in [7, 11) is 0. The van der Waals surface area contributed by atoms with E-state index in [-0.39, 0.29) is 23.8 Å². The number of H-pyrrole nitrogens is 1. The van der Waals surface area contributed by atoms with Gasteiger partial charge < -0.3 is 20.1 Å². The van der Waals surface area contributed by atoms with Crippen molar-refractivity contribution in [2.45, 2.75) is 39.3 Å². The second-order valence-corrected chi connectivity index (χ2v) is 6.73. The van der Waals surface area contributed by atoms with Gasteiger partial charge in [-0.25, -0.2) is 9.18 Å². The van der Waals surface area contributed by atoms with Gasteiger partial charge in [0.05, 0.1) is 12.6 Å². The van der Waals surface area contributed by atoms with Gasteiger partial charge in [0, 0.05) is 43.2 Å². The molecule has 1 aliphatic heterocycles. The number of nitrogens with zero attached hydrogens (tertiary/aromatic N) is 2. The molecule has 3 amide bonds. The molecule has 140 valence electrons. The number of halogens is 1. The maximum Gasteiger partial charge on any atom is 0.318 e. The quantitative estimate of drug-likeness (QED) is 0.880. The van der Waals surface area contributed by atoms with Gasteiger partial charge >= 0.3 is 6.03 Å². The number of benzene rings is 1. The van der Waals surface area contributed by atoms with E-state index in [2.05, 4.69) is 10.3 Å². The SMILES string of the molecule is CCN(C(=O)NCc1cc2cc(F)ccc2[nH]1)[C@@H]1CCCN(C(C)=O)C1. The summed E-state index contributed by atoms with van der Waals surface area (Å²) in [5.74, 6) is -0.229. The number of hydrogen-bond acceptors (Lipinski definition) is 2. The van der Waals surface area contributed by atoms with Crippen molar-refractivity contribution in [3.63, 3.8) is 0 Å². The number of likely N-dealkylation sites (N-methyl/N-ethyl adjacent to an activating group) is 1. The van der Waals surface area contributed by atoms with Crippen LogP contribution in [0, 0.1) is 5.82 Å². The van der Waals surface area contributed by atoms with Gasteiger partial charge in [0.15, 0.2) is 0 Å². The highest BCUT2D eigenvalue weighted by Gasteiger charge is 2.28. The minimum atomic E-state index is -0.281. The highest BCUT2D eigenvalue weighted by molar-refractivity contribution is 5.81. The van der Waals surface area contributed by atoms with Crippen molar-refractivity contribution < 1.29 is 14.0 Å². The van der Waals surface area contributed by atoms with Crippen LogP contribution >= 0.6 is 0 Å². The van der Waals surface area contributed by atoms with Gasteiger partial charge in [0.2, 0.25) is 5.91 Å². The maximum atomic E-state index is 13.3. The normalized spacial score (nSPS) is 17.3. The Bertz CT molecular complexity index is 804. The van der Waals surface area contributed by atoms with Crippen molar-refractivity contribution in [1.82, 2.24) is 20.1 Å². The third kappa shape index (κ3) is 3.98. The number of hydrogen-bond donors (Lipinski definition) is 2. The summed E-state index contributed by atoms with van der Waals surface area (Å²) in [5.41, 5.74) is 1.66. The van der Waals surface area contributed by atoms with Gasteiger partial charge in [-0.2, -0.15) is 0 Å². The molecule has 2 heterocycles. The van der Waals surface area contributed by atoms with E-state index in [4.69, 9.17) is 0 Å². The van der Waals surface area contributed by atoms with Gasteiger partial charge in [-0.1, -0.05) is 0 Å². The molecule has 0 spiro atoms. The Morgan fingerprint density at radius 2 is 2.19 bits per heavy atom. The van der Waals surface area contributed by atoms with Crippen LogP contribution in [0.3, 0.4) is 0 Å². The molecule has 0 radical (unpaired) electrons. The van der Waals surface area contributed by atoms with Crippen LogP contribution in [0.4, 0.5) is 9.18 Å². The fraction of sp³-hybridized carbons (Fsp3) is 0.474. The van der Waals surface area contributed by atoms with Gasteiger partial charge in [0.25, 0.3) is 0 Å². The van der Waals surface area contributed by atoms with E-state index in [1.165, 1.54) is 12.1 Å². The van der Waals surface area contributed by atoms with Crippen LogP contribution in [0.25, 0.3) is 10.9 Å². The Kier molecular flexibility index (Phi) is 5.44. The number of fused-ring (bicyclic) bond motifs is 1. The monoisotopic (exact) mass is 360 g/mol. The largest absolute Gasteiger partial charge is 0.357 e. The first kappa shape index (κ1) is 18.2. The molecule has 1 saturated heterocycles. The smallest absolute Gasteiger partial charge is 0.318 e. The molecule has 6 nitrogen and oxygen atoms in total. The lowest BCUT2D eigenvalue weighted by Crippen LogP contribution is -2.53. The van der Waals surface area contributed by atoms with Gasteiger partial charge in [-0.05, 0) is 44.0 Å². The zero-order valence-corrected chi connectivity index (χ0v) is 15.2. The number of urea groups is 1. The Morgan fingerprint density at radius 3 is 2.92 bits per heavy atom. The molecule has 0 unspecified atom stereocenters. The molecule has 0 bridgehead atoms. The highest BCUT2D eigenvalue weighted by atomic mass is 19.1. The number of nitrogens with one attached hydrogen (secondary N) is 2. The molecular formula is C19H25FN4O2. The Labute approximate surface area is 152 Å². The number of aromatic amines is 1. The third-order valence-electron chi connectivity index (χ3n) is 4.95. The summed E-state index contributed by atoms with van der Waals surface area (Å²) in [6.07, 6.45) is 1.80. The number of amides is 3. The molecule has 1 fully saturated rings. The minimum absolute atomic E-state index is 0.0365. The van der Waals surface area contributed by atoms with E-state index in [1.54, 1.807) is 22.8 Å². The lowest BCUT2D eigenvalue weighted by Gasteiger charge is -2.38. The number of likely N-dealkylation sites (tertiary alicyclic amines) is 1. The first-order chi connectivity index (χ1) is 12.5. The molecule has 1 aliphatic rings. The van der Waals surface area contributed by atoms with Gasteiger partial charge in [0.1, 0.15) is 5.82 Å². The average Bonchev–Trinajstić information content (AvgIpc) is 3.03. The summed E-state index contributed by atoms with van der Waals surface area (Å²) < 4.78 is 13.3. The number of carbonyl (C=O) groups excluding carboxylic acids is 2. The molecule has 2 aromatic rings. The number of aromatic nitrogens is 1. The van der Waals surface area contributed by atoms with Crippen molar-refractivity contribution in [2.24, 2.45) is 0 Å². The summed E-state index contributed by atoms with van der Waals surface area (Å²) in [6.45, 7) is 5.78. The minimum Gasteiger partial charge on any atom is -0.357 e. The first-order valence-electron chi connectivity index (χ1n) is 9.05. The van der Waals surface area contributed by atoms with Crippen LogP contribution in [0.1, 0.15) is 32.4 Å². The Balaban J connectivity index is 1.62. The van der Waals surface area contributed by atoms with Crippen LogP contribution in [0.5, 0.6) is 0 Å². The Hall–Kier alpha value is -2.57. The maximum absolute atomic E-state index is 13.3. The molecule has 7 heteroatoms. The lowest BCUT2D eigenvalue weighted by molar-refractivity contribution is -0.130. The van der Waals surface area contributed by atoms with Crippen LogP contribution in [0.15, 0.2) is 24.3 Å². The second kappa shape index (κ2) is 7.76. The molecule has 0 saturated carbocycles. The summed E-state index contributed by atoms with van der Waals surface area (Å²) in [5, 5.41) is 3.71. The van der Waals surface area contributed by atoms with E-state index in [9.17, 15) is 14.0 Å². The summed E-state index contributed by atoms with van der Waals surface area (Å²) >= 11 is 0. The van der Waals surface area contributed by atoms with Gasteiger partial charge in [-0.15, -0.1) is 0 Å². The van der Waals surface area contributed by atoms with Crippen molar-refractivity contribution in [2.75, 3.05) is 19.6 Å². The van der Waals surface area contributed by atoms with Crippen LogP contribution in [-0.4, -0.2) is 52.4 Å². The molecule has 3 rings (SSSR count). The predicted octanol–water partition coefficient (Wildman–Crippen LogP) is 2.85.